The first kappa shape index (κ1) is 15.1. The smallest absolute Gasteiger partial charge is 0.339 e. The Labute approximate surface area is 117 Å². The van der Waals surface area contributed by atoms with Gasteiger partial charge in [-0.3, -0.25) is 0 Å². The fraction of sp³-hybridized carbons (Fsp3) is 0.462. The van der Waals surface area contributed by atoms with Crippen LogP contribution in [0.25, 0.3) is 0 Å². The van der Waals surface area contributed by atoms with Crippen LogP contribution in [0.4, 0.5) is 5.69 Å². The van der Waals surface area contributed by atoms with Gasteiger partial charge in [0.2, 0.25) is 0 Å². The number of carbonyl (C=O) groups excluding carboxylic acids is 1. The van der Waals surface area contributed by atoms with E-state index in [0.717, 1.165) is 12.8 Å². The molecule has 0 aliphatic heterocycles. The lowest BCUT2D eigenvalue weighted by atomic mass is 10.1. The quantitative estimate of drug-likeness (QED) is 0.654. The van der Waals surface area contributed by atoms with Crippen molar-refractivity contribution in [1.82, 2.24) is 0 Å². The summed E-state index contributed by atoms with van der Waals surface area (Å²) in [4.78, 5) is 11.9. The summed E-state index contributed by atoms with van der Waals surface area (Å²) in [7, 11) is 0. The van der Waals surface area contributed by atoms with Crippen LogP contribution in [0, 0.1) is 5.92 Å². The molecule has 0 spiro atoms. The van der Waals surface area contributed by atoms with Gasteiger partial charge in [-0.15, -0.1) is 0 Å². The number of nitrogens with two attached hydrogens (primary N) is 1. The second-order valence-corrected chi connectivity index (χ2v) is 4.93. The standard InChI is InChI=1S/C13H17Cl2NO2/c1-3-8(4-2)7-18-13(17)10-5-9(16)6-11(14)12(10)15/h5-6,8H,3-4,7,16H2,1-2H3. The number of rotatable bonds is 5. The van der Waals surface area contributed by atoms with Crippen molar-refractivity contribution in [3.8, 4) is 0 Å². The van der Waals surface area contributed by atoms with Gasteiger partial charge in [-0.05, 0) is 18.1 Å². The van der Waals surface area contributed by atoms with Crippen molar-refractivity contribution in [2.45, 2.75) is 26.7 Å². The van der Waals surface area contributed by atoms with Crippen LogP contribution >= 0.6 is 23.2 Å². The van der Waals surface area contributed by atoms with E-state index in [1.807, 2.05) is 0 Å². The van der Waals surface area contributed by atoms with E-state index in [1.54, 1.807) is 0 Å². The number of benzene rings is 1. The molecule has 0 fully saturated rings. The van der Waals surface area contributed by atoms with Gasteiger partial charge >= 0.3 is 5.97 Å². The molecule has 0 bridgehead atoms. The molecule has 100 valence electrons. The van der Waals surface area contributed by atoms with Crippen LogP contribution in [0.2, 0.25) is 10.0 Å². The zero-order valence-electron chi connectivity index (χ0n) is 10.5. The van der Waals surface area contributed by atoms with E-state index in [2.05, 4.69) is 13.8 Å². The number of hydrogen-bond acceptors (Lipinski definition) is 3. The average Bonchev–Trinajstić information content (AvgIpc) is 2.34. The molecular weight excluding hydrogens is 273 g/mol. The van der Waals surface area contributed by atoms with Gasteiger partial charge in [0, 0.05) is 5.69 Å². The number of nitrogen functional groups attached to an aromatic ring is 1. The van der Waals surface area contributed by atoms with Gasteiger partial charge in [0.15, 0.2) is 0 Å². The Morgan fingerprint density at radius 2 is 1.94 bits per heavy atom. The summed E-state index contributed by atoms with van der Waals surface area (Å²) in [5.74, 6) is -0.120. The molecule has 0 radical (unpaired) electrons. The monoisotopic (exact) mass is 289 g/mol. The fourth-order valence-corrected chi connectivity index (χ4v) is 1.97. The lowest BCUT2D eigenvalue weighted by molar-refractivity contribution is 0.0433. The number of carbonyl (C=O) groups is 1. The van der Waals surface area contributed by atoms with E-state index in [4.69, 9.17) is 33.7 Å². The van der Waals surface area contributed by atoms with Crippen LogP contribution in [0.5, 0.6) is 0 Å². The van der Waals surface area contributed by atoms with E-state index in [0.29, 0.717) is 18.2 Å². The molecular formula is C13H17Cl2NO2. The molecule has 0 saturated heterocycles. The Hall–Kier alpha value is -0.930. The van der Waals surface area contributed by atoms with Crippen molar-refractivity contribution in [3.63, 3.8) is 0 Å². The first-order valence-electron chi connectivity index (χ1n) is 5.91. The fourth-order valence-electron chi connectivity index (χ4n) is 1.55. The van der Waals surface area contributed by atoms with Gasteiger partial charge < -0.3 is 10.5 Å². The maximum absolute atomic E-state index is 11.9. The first-order chi connectivity index (χ1) is 8.49. The summed E-state index contributed by atoms with van der Waals surface area (Å²) in [6.07, 6.45) is 1.93. The summed E-state index contributed by atoms with van der Waals surface area (Å²) < 4.78 is 5.23. The van der Waals surface area contributed by atoms with E-state index >= 15 is 0 Å². The largest absolute Gasteiger partial charge is 0.462 e. The molecule has 0 aromatic heterocycles. The second kappa shape index (κ2) is 6.86. The van der Waals surface area contributed by atoms with Gasteiger partial charge in [0.25, 0.3) is 0 Å². The third-order valence-corrected chi connectivity index (χ3v) is 3.68. The Bertz CT molecular complexity index is 431. The third-order valence-electron chi connectivity index (χ3n) is 2.88. The summed E-state index contributed by atoms with van der Waals surface area (Å²) in [5.41, 5.74) is 6.23. The minimum Gasteiger partial charge on any atom is -0.462 e. The lowest BCUT2D eigenvalue weighted by Crippen LogP contribution is -2.14. The van der Waals surface area contributed by atoms with Crippen LogP contribution in [-0.4, -0.2) is 12.6 Å². The number of anilines is 1. The molecule has 5 heteroatoms. The van der Waals surface area contributed by atoms with Gasteiger partial charge in [0.1, 0.15) is 0 Å². The van der Waals surface area contributed by atoms with Gasteiger partial charge in [-0.2, -0.15) is 0 Å². The van der Waals surface area contributed by atoms with Gasteiger partial charge in [-0.1, -0.05) is 49.9 Å². The van der Waals surface area contributed by atoms with Crippen LogP contribution in [-0.2, 0) is 4.74 Å². The van der Waals surface area contributed by atoms with Crippen molar-refractivity contribution in [2.24, 2.45) is 5.92 Å². The van der Waals surface area contributed by atoms with Crippen molar-refractivity contribution >= 4 is 34.9 Å². The molecule has 1 aromatic carbocycles. The Balaban J connectivity index is 2.78. The van der Waals surface area contributed by atoms with Crippen molar-refractivity contribution in [1.29, 1.82) is 0 Å². The van der Waals surface area contributed by atoms with Crippen molar-refractivity contribution < 1.29 is 9.53 Å². The summed E-state index contributed by atoms with van der Waals surface area (Å²) in [6, 6.07) is 2.98. The number of ether oxygens (including phenoxy) is 1. The highest BCUT2D eigenvalue weighted by Crippen LogP contribution is 2.29. The van der Waals surface area contributed by atoms with E-state index < -0.39 is 5.97 Å². The minimum atomic E-state index is -0.485. The maximum Gasteiger partial charge on any atom is 0.339 e. The second-order valence-electron chi connectivity index (χ2n) is 4.15. The van der Waals surface area contributed by atoms with Crippen LogP contribution < -0.4 is 5.73 Å². The Morgan fingerprint density at radius 1 is 1.33 bits per heavy atom. The normalized spacial score (nSPS) is 10.7. The number of esters is 1. The highest BCUT2D eigenvalue weighted by Gasteiger charge is 2.16. The first-order valence-corrected chi connectivity index (χ1v) is 6.66. The predicted molar refractivity (Wildman–Crippen MR) is 75.2 cm³/mol. The molecule has 0 heterocycles. The lowest BCUT2D eigenvalue weighted by Gasteiger charge is -2.13. The number of hydrogen-bond donors (Lipinski definition) is 1. The molecule has 0 atom stereocenters. The van der Waals surface area contributed by atoms with Gasteiger partial charge in [-0.25, -0.2) is 4.79 Å². The van der Waals surface area contributed by atoms with Crippen molar-refractivity contribution in [3.05, 3.63) is 27.7 Å². The van der Waals surface area contributed by atoms with Crippen LogP contribution in [0.3, 0.4) is 0 Å². The molecule has 18 heavy (non-hydrogen) atoms. The Kier molecular flexibility index (Phi) is 5.76. The summed E-state index contributed by atoms with van der Waals surface area (Å²) in [6.45, 7) is 4.51. The van der Waals surface area contributed by atoms with Gasteiger partial charge in [0.05, 0.1) is 22.2 Å². The highest BCUT2D eigenvalue weighted by molar-refractivity contribution is 6.44. The van der Waals surface area contributed by atoms with Crippen molar-refractivity contribution in [2.75, 3.05) is 12.3 Å². The molecule has 0 aliphatic rings. The molecule has 0 amide bonds. The average molecular weight is 290 g/mol. The highest BCUT2D eigenvalue weighted by atomic mass is 35.5. The zero-order chi connectivity index (χ0) is 13.7. The van der Waals surface area contributed by atoms with E-state index in [1.165, 1.54) is 12.1 Å². The zero-order valence-corrected chi connectivity index (χ0v) is 12.0. The SMILES string of the molecule is CCC(CC)COC(=O)c1cc(N)cc(Cl)c1Cl. The van der Waals surface area contributed by atoms with E-state index in [-0.39, 0.29) is 15.6 Å². The van der Waals surface area contributed by atoms with Crippen LogP contribution in [0.15, 0.2) is 12.1 Å². The molecule has 0 saturated carbocycles. The molecule has 1 aromatic rings. The third kappa shape index (κ3) is 3.79. The minimum absolute atomic E-state index is 0.181. The number of halogens is 2. The molecule has 2 N–H and O–H groups in total. The molecule has 1 rings (SSSR count). The summed E-state index contributed by atoms with van der Waals surface area (Å²) >= 11 is 11.8. The predicted octanol–water partition coefficient (Wildman–Crippen LogP) is 4.17. The molecule has 3 nitrogen and oxygen atoms in total. The van der Waals surface area contributed by atoms with E-state index in [9.17, 15) is 4.79 Å². The Morgan fingerprint density at radius 3 is 2.50 bits per heavy atom. The molecule has 0 aliphatic carbocycles. The summed E-state index contributed by atoms with van der Waals surface area (Å²) in [5, 5.41) is 0.437. The maximum atomic E-state index is 11.9. The van der Waals surface area contributed by atoms with Crippen LogP contribution in [0.1, 0.15) is 37.0 Å². The topological polar surface area (TPSA) is 52.3 Å². The molecule has 0 unspecified atom stereocenters.